The fraction of sp³-hybridized carbons (Fsp3) is 0. The Balaban J connectivity index is 1.07. The lowest BCUT2D eigenvalue weighted by molar-refractivity contribution is 1.30. The van der Waals surface area contributed by atoms with E-state index in [1.165, 1.54) is 72.7 Å². The summed E-state index contributed by atoms with van der Waals surface area (Å²) in [6.07, 6.45) is 0. The van der Waals surface area contributed by atoms with E-state index in [2.05, 4.69) is 216 Å². The number of hydrogen-bond acceptors (Lipinski definition) is 4. The fourth-order valence-corrected chi connectivity index (χ4v) is 11.3. The first-order chi connectivity index (χ1) is 28.8. The molecule has 12 rings (SSSR count). The van der Waals surface area contributed by atoms with E-state index in [9.17, 15) is 0 Å². The molecule has 4 heteroatoms. The first-order valence-electron chi connectivity index (χ1n) is 19.7. The highest BCUT2D eigenvalue weighted by atomic mass is 32.1. The average Bonchev–Trinajstić information content (AvgIpc) is 3.85. The van der Waals surface area contributed by atoms with Crippen molar-refractivity contribution in [2.24, 2.45) is 0 Å². The van der Waals surface area contributed by atoms with E-state index >= 15 is 0 Å². The quantitative estimate of drug-likeness (QED) is 0.155. The summed E-state index contributed by atoms with van der Waals surface area (Å²) in [7, 11) is 0. The van der Waals surface area contributed by atoms with Crippen molar-refractivity contribution in [3.63, 3.8) is 0 Å². The third kappa shape index (κ3) is 5.23. The van der Waals surface area contributed by atoms with Crippen LogP contribution < -0.4 is 9.80 Å². The molecule has 2 nitrogen and oxygen atoms in total. The van der Waals surface area contributed by atoms with Gasteiger partial charge in [-0.25, -0.2) is 0 Å². The predicted molar refractivity (Wildman–Crippen MR) is 254 cm³/mol. The molecular formula is C54H34N2S2. The zero-order chi connectivity index (χ0) is 38.2. The molecule has 58 heavy (non-hydrogen) atoms. The number of thiophene rings is 2. The first kappa shape index (κ1) is 33.2. The summed E-state index contributed by atoms with van der Waals surface area (Å²) in [4.78, 5) is 4.86. The second-order valence-electron chi connectivity index (χ2n) is 14.9. The van der Waals surface area contributed by atoms with Crippen LogP contribution in [0.25, 0.3) is 72.7 Å². The summed E-state index contributed by atoms with van der Waals surface area (Å²) in [5.41, 5.74) is 6.87. The van der Waals surface area contributed by atoms with E-state index in [0.717, 1.165) is 34.1 Å². The standard InChI is InChI=1S/C54H34N2S2/c1-3-14-36(15-4-1)55(38-26-29-45-43-18-7-9-23-50(43)57-52(45)33-38)48-21-12-20-40-41-28-25-35-13-11-22-49(54(35)47(41)32-31-42(40)48)56(37-16-5-2-6-17-37)39-27-30-46-44-19-8-10-24-51(44)58-53(46)34-39/h1-34H. The summed E-state index contributed by atoms with van der Waals surface area (Å²) in [6, 6.07) is 75.7. The second kappa shape index (κ2) is 13.3. The van der Waals surface area contributed by atoms with Gasteiger partial charge in [-0.1, -0.05) is 133 Å². The van der Waals surface area contributed by atoms with E-state index in [0.29, 0.717) is 0 Å². The fourth-order valence-electron chi connectivity index (χ4n) is 9.02. The van der Waals surface area contributed by atoms with Gasteiger partial charge in [-0.15, -0.1) is 22.7 Å². The lowest BCUT2D eigenvalue weighted by atomic mass is 9.94. The molecule has 0 N–H and O–H groups in total. The Morgan fingerprint density at radius 3 is 1.34 bits per heavy atom. The van der Waals surface area contributed by atoms with Crippen molar-refractivity contribution in [3.8, 4) is 0 Å². The van der Waals surface area contributed by atoms with Crippen LogP contribution in [0.2, 0.25) is 0 Å². The molecule has 0 aliphatic heterocycles. The highest BCUT2D eigenvalue weighted by molar-refractivity contribution is 7.26. The Bertz CT molecular complexity index is 3530. The van der Waals surface area contributed by atoms with Crippen LogP contribution in [-0.4, -0.2) is 0 Å². The highest BCUT2D eigenvalue weighted by Gasteiger charge is 2.21. The Morgan fingerprint density at radius 1 is 0.259 bits per heavy atom. The van der Waals surface area contributed by atoms with Gasteiger partial charge >= 0.3 is 0 Å². The molecule has 12 aromatic rings. The number of hydrogen-bond donors (Lipinski definition) is 0. The molecule has 2 aromatic heterocycles. The minimum absolute atomic E-state index is 1.13. The van der Waals surface area contributed by atoms with E-state index in [1.807, 2.05) is 22.7 Å². The number of benzene rings is 10. The normalized spacial score (nSPS) is 11.8. The smallest absolute Gasteiger partial charge is 0.0546 e. The molecular weight excluding hydrogens is 741 g/mol. The summed E-state index contributed by atoms with van der Waals surface area (Å²) >= 11 is 3.72. The Kier molecular flexibility index (Phi) is 7.62. The zero-order valence-corrected chi connectivity index (χ0v) is 33.0. The van der Waals surface area contributed by atoms with Crippen LogP contribution in [0.15, 0.2) is 206 Å². The average molecular weight is 775 g/mol. The van der Waals surface area contributed by atoms with Gasteiger partial charge in [0.15, 0.2) is 0 Å². The van der Waals surface area contributed by atoms with Crippen molar-refractivity contribution in [1.29, 1.82) is 0 Å². The topological polar surface area (TPSA) is 6.48 Å². The van der Waals surface area contributed by atoms with Crippen molar-refractivity contribution < 1.29 is 0 Å². The number of para-hydroxylation sites is 2. The monoisotopic (exact) mass is 774 g/mol. The zero-order valence-electron chi connectivity index (χ0n) is 31.3. The summed E-state index contributed by atoms with van der Waals surface area (Å²) in [6.45, 7) is 0. The van der Waals surface area contributed by atoms with Crippen molar-refractivity contribution in [3.05, 3.63) is 206 Å². The van der Waals surface area contributed by atoms with E-state index < -0.39 is 0 Å². The predicted octanol–water partition coefficient (Wildman–Crippen LogP) is 16.8. The molecule has 0 atom stereocenters. The Hall–Kier alpha value is -6.98. The maximum Gasteiger partial charge on any atom is 0.0546 e. The molecule has 2 heterocycles. The summed E-state index contributed by atoms with van der Waals surface area (Å²) < 4.78 is 5.21. The first-order valence-corrected chi connectivity index (χ1v) is 21.3. The van der Waals surface area contributed by atoms with Crippen molar-refractivity contribution in [2.75, 3.05) is 9.80 Å². The number of rotatable bonds is 6. The van der Waals surface area contributed by atoms with Crippen LogP contribution in [0.3, 0.4) is 0 Å². The van der Waals surface area contributed by atoms with E-state index in [1.54, 1.807) is 0 Å². The van der Waals surface area contributed by atoms with Gasteiger partial charge in [0.05, 0.1) is 11.4 Å². The molecule has 0 bridgehead atoms. The van der Waals surface area contributed by atoms with Gasteiger partial charge < -0.3 is 9.80 Å². The van der Waals surface area contributed by atoms with Gasteiger partial charge in [0, 0.05) is 73.9 Å². The van der Waals surface area contributed by atoms with E-state index in [4.69, 9.17) is 0 Å². The molecule has 0 fully saturated rings. The van der Waals surface area contributed by atoms with Crippen molar-refractivity contribution in [1.82, 2.24) is 0 Å². The third-order valence-corrected chi connectivity index (χ3v) is 13.9. The lowest BCUT2D eigenvalue weighted by Gasteiger charge is -2.28. The summed E-state index contributed by atoms with van der Waals surface area (Å²) in [5, 5.41) is 12.6. The maximum absolute atomic E-state index is 2.44. The molecule has 10 aromatic carbocycles. The molecule has 0 aliphatic carbocycles. The van der Waals surface area contributed by atoms with Crippen LogP contribution in [-0.2, 0) is 0 Å². The maximum atomic E-state index is 2.44. The Morgan fingerprint density at radius 2 is 0.707 bits per heavy atom. The molecule has 0 unspecified atom stereocenters. The SMILES string of the molecule is c1ccc(N(c2ccc3c(c2)sc2ccccc23)c2cccc3c2ccc2c3ccc3cccc(N(c4ccccc4)c4ccc5c(c4)sc4ccccc45)c32)cc1. The minimum Gasteiger partial charge on any atom is -0.310 e. The van der Waals surface area contributed by atoms with Gasteiger partial charge in [-0.3, -0.25) is 0 Å². The van der Waals surface area contributed by atoms with E-state index in [-0.39, 0.29) is 0 Å². The van der Waals surface area contributed by atoms with Gasteiger partial charge in [0.25, 0.3) is 0 Å². The highest BCUT2D eigenvalue weighted by Crippen LogP contribution is 2.47. The molecule has 0 spiro atoms. The lowest BCUT2D eigenvalue weighted by Crippen LogP contribution is -2.10. The molecule has 272 valence electrons. The molecule has 0 saturated heterocycles. The van der Waals surface area contributed by atoms with Crippen LogP contribution >= 0.6 is 22.7 Å². The largest absolute Gasteiger partial charge is 0.310 e. The Labute approximate surface area is 343 Å². The number of anilines is 6. The minimum atomic E-state index is 1.13. The van der Waals surface area contributed by atoms with Crippen LogP contribution in [0.1, 0.15) is 0 Å². The van der Waals surface area contributed by atoms with Gasteiger partial charge in [-0.2, -0.15) is 0 Å². The van der Waals surface area contributed by atoms with Gasteiger partial charge in [0.1, 0.15) is 0 Å². The van der Waals surface area contributed by atoms with Crippen LogP contribution in [0.5, 0.6) is 0 Å². The number of fused-ring (bicyclic) bond motifs is 11. The van der Waals surface area contributed by atoms with Crippen LogP contribution in [0.4, 0.5) is 34.1 Å². The molecule has 0 radical (unpaired) electrons. The van der Waals surface area contributed by atoms with Gasteiger partial charge in [-0.05, 0) is 94.3 Å². The van der Waals surface area contributed by atoms with Crippen molar-refractivity contribution in [2.45, 2.75) is 0 Å². The molecule has 0 amide bonds. The molecule has 0 aliphatic rings. The molecule has 0 saturated carbocycles. The van der Waals surface area contributed by atoms with Crippen molar-refractivity contribution >= 4 is 129 Å². The van der Waals surface area contributed by atoms with Gasteiger partial charge in [0.2, 0.25) is 0 Å². The second-order valence-corrected chi connectivity index (χ2v) is 17.0. The third-order valence-electron chi connectivity index (χ3n) is 11.6. The number of nitrogens with zero attached hydrogens (tertiary/aromatic N) is 2. The summed E-state index contributed by atoms with van der Waals surface area (Å²) in [5.74, 6) is 0. The van der Waals surface area contributed by atoms with Crippen LogP contribution in [0, 0.1) is 0 Å².